The van der Waals surface area contributed by atoms with Gasteiger partial charge in [0.15, 0.2) is 5.69 Å². The van der Waals surface area contributed by atoms with Gasteiger partial charge in [-0.05, 0) is 37.1 Å². The number of anilines is 1. The standard InChI is InChI=1S/C17H18N4O2/c1-23-17(22)16-15(19)12(9-18)10-21(16)13-5-2-4-11(8-13)14-6-3-7-20-14/h2,4-5,8,10,14,20H,3,6-7,19H2,1H3. The Balaban J connectivity index is 2.09. The molecule has 23 heavy (non-hydrogen) atoms. The number of benzene rings is 1. The smallest absolute Gasteiger partial charge is 0.357 e. The van der Waals surface area contributed by atoms with Crippen LogP contribution in [0.1, 0.15) is 40.5 Å². The number of nitrogens with one attached hydrogen (secondary N) is 1. The second kappa shape index (κ2) is 6.15. The van der Waals surface area contributed by atoms with Crippen molar-refractivity contribution in [1.29, 1.82) is 5.26 Å². The number of ether oxygens (including phenoxy) is 1. The number of carbonyl (C=O) groups is 1. The molecule has 1 aromatic carbocycles. The van der Waals surface area contributed by atoms with Gasteiger partial charge in [0.25, 0.3) is 0 Å². The molecule has 1 aliphatic rings. The minimum Gasteiger partial charge on any atom is -0.464 e. The van der Waals surface area contributed by atoms with Gasteiger partial charge in [0.05, 0.1) is 18.4 Å². The fourth-order valence-corrected chi connectivity index (χ4v) is 2.98. The Hall–Kier alpha value is -2.78. The summed E-state index contributed by atoms with van der Waals surface area (Å²) in [7, 11) is 1.30. The highest BCUT2D eigenvalue weighted by Crippen LogP contribution is 2.28. The lowest BCUT2D eigenvalue weighted by molar-refractivity contribution is 0.0593. The van der Waals surface area contributed by atoms with E-state index in [9.17, 15) is 10.1 Å². The van der Waals surface area contributed by atoms with Gasteiger partial charge in [-0.2, -0.15) is 5.26 Å². The van der Waals surface area contributed by atoms with E-state index in [1.54, 1.807) is 10.8 Å². The van der Waals surface area contributed by atoms with Gasteiger partial charge in [-0.3, -0.25) is 0 Å². The molecule has 1 aromatic heterocycles. The Morgan fingerprint density at radius 3 is 3.00 bits per heavy atom. The van der Waals surface area contributed by atoms with E-state index in [0.29, 0.717) is 6.04 Å². The van der Waals surface area contributed by atoms with Crippen molar-refractivity contribution >= 4 is 11.7 Å². The summed E-state index contributed by atoms with van der Waals surface area (Å²) in [4.78, 5) is 12.1. The van der Waals surface area contributed by atoms with Crippen LogP contribution in [-0.4, -0.2) is 24.2 Å². The number of rotatable bonds is 3. The quantitative estimate of drug-likeness (QED) is 0.847. The van der Waals surface area contributed by atoms with Crippen molar-refractivity contribution < 1.29 is 9.53 Å². The lowest BCUT2D eigenvalue weighted by Crippen LogP contribution is -2.14. The molecule has 1 saturated heterocycles. The molecular weight excluding hydrogens is 292 g/mol. The molecule has 118 valence electrons. The molecule has 3 N–H and O–H groups in total. The van der Waals surface area contributed by atoms with Crippen LogP contribution in [0.3, 0.4) is 0 Å². The van der Waals surface area contributed by atoms with Crippen LogP contribution in [0.4, 0.5) is 5.69 Å². The van der Waals surface area contributed by atoms with Gasteiger partial charge in [0.2, 0.25) is 0 Å². The summed E-state index contributed by atoms with van der Waals surface area (Å²) >= 11 is 0. The van der Waals surface area contributed by atoms with E-state index in [0.717, 1.165) is 30.6 Å². The van der Waals surface area contributed by atoms with Crippen LogP contribution >= 0.6 is 0 Å². The van der Waals surface area contributed by atoms with E-state index in [1.165, 1.54) is 7.11 Å². The predicted molar refractivity (Wildman–Crippen MR) is 86.2 cm³/mol. The highest BCUT2D eigenvalue weighted by atomic mass is 16.5. The molecule has 6 heteroatoms. The Morgan fingerprint density at radius 1 is 1.52 bits per heavy atom. The zero-order chi connectivity index (χ0) is 16.4. The van der Waals surface area contributed by atoms with E-state index >= 15 is 0 Å². The highest BCUT2D eigenvalue weighted by molar-refractivity contribution is 5.95. The van der Waals surface area contributed by atoms with Gasteiger partial charge in [-0.1, -0.05) is 12.1 Å². The summed E-state index contributed by atoms with van der Waals surface area (Å²) in [5.41, 5.74) is 8.45. The van der Waals surface area contributed by atoms with Gasteiger partial charge < -0.3 is 20.4 Å². The maximum absolute atomic E-state index is 12.1. The van der Waals surface area contributed by atoms with Crippen molar-refractivity contribution in [2.45, 2.75) is 18.9 Å². The molecule has 0 radical (unpaired) electrons. The number of nitriles is 1. The summed E-state index contributed by atoms with van der Waals surface area (Å²) in [6, 6.07) is 10.2. The van der Waals surface area contributed by atoms with Crippen LogP contribution in [0, 0.1) is 11.3 Å². The average molecular weight is 310 g/mol. The first kappa shape index (κ1) is 15.1. The zero-order valence-corrected chi connectivity index (χ0v) is 12.9. The number of esters is 1. The highest BCUT2D eigenvalue weighted by Gasteiger charge is 2.22. The lowest BCUT2D eigenvalue weighted by Gasteiger charge is -2.14. The van der Waals surface area contributed by atoms with Crippen LogP contribution in [0.2, 0.25) is 0 Å². The molecule has 1 unspecified atom stereocenters. The Labute approximate surface area is 134 Å². The summed E-state index contributed by atoms with van der Waals surface area (Å²) < 4.78 is 6.43. The maximum Gasteiger partial charge on any atom is 0.357 e. The molecule has 1 fully saturated rings. The SMILES string of the molecule is COC(=O)c1c(N)c(C#N)cn1-c1cccc(C2CCCN2)c1. The van der Waals surface area contributed by atoms with Gasteiger partial charge >= 0.3 is 5.97 Å². The first-order valence-electron chi connectivity index (χ1n) is 7.48. The first-order chi connectivity index (χ1) is 11.2. The molecule has 1 atom stereocenters. The number of nitrogens with zero attached hydrogens (tertiary/aromatic N) is 2. The monoisotopic (exact) mass is 310 g/mol. The second-order valence-corrected chi connectivity index (χ2v) is 5.52. The van der Waals surface area contributed by atoms with Crippen LogP contribution in [0.25, 0.3) is 5.69 Å². The summed E-state index contributed by atoms with van der Waals surface area (Å²) in [6.45, 7) is 1.01. The fourth-order valence-electron chi connectivity index (χ4n) is 2.98. The molecule has 0 saturated carbocycles. The number of hydrogen-bond acceptors (Lipinski definition) is 5. The Morgan fingerprint density at radius 2 is 2.35 bits per heavy atom. The van der Waals surface area contributed by atoms with Crippen molar-refractivity contribution in [1.82, 2.24) is 9.88 Å². The van der Waals surface area contributed by atoms with Crippen LogP contribution in [0.5, 0.6) is 0 Å². The summed E-state index contributed by atoms with van der Waals surface area (Å²) in [6.07, 6.45) is 3.81. The lowest BCUT2D eigenvalue weighted by atomic mass is 10.0. The topological polar surface area (TPSA) is 93.1 Å². The summed E-state index contributed by atoms with van der Waals surface area (Å²) in [5.74, 6) is -0.562. The molecule has 0 spiro atoms. The minimum atomic E-state index is -0.562. The number of carbonyl (C=O) groups excluding carboxylic acids is 1. The van der Waals surface area contributed by atoms with Gasteiger partial charge in [0.1, 0.15) is 6.07 Å². The second-order valence-electron chi connectivity index (χ2n) is 5.52. The van der Waals surface area contributed by atoms with Crippen LogP contribution < -0.4 is 11.1 Å². The largest absolute Gasteiger partial charge is 0.464 e. The third-order valence-corrected chi connectivity index (χ3v) is 4.15. The molecule has 0 amide bonds. The predicted octanol–water partition coefficient (Wildman–Crippen LogP) is 2.14. The van der Waals surface area contributed by atoms with Crippen LogP contribution in [-0.2, 0) is 4.74 Å². The molecule has 0 bridgehead atoms. The van der Waals surface area contributed by atoms with Crippen molar-refractivity contribution in [3.63, 3.8) is 0 Å². The number of nitrogens with two attached hydrogens (primary N) is 1. The fraction of sp³-hybridized carbons (Fsp3) is 0.294. The van der Waals surface area contributed by atoms with Gasteiger partial charge in [0, 0.05) is 17.9 Å². The molecule has 1 aliphatic heterocycles. The molecule has 2 aromatic rings. The first-order valence-corrected chi connectivity index (χ1v) is 7.48. The third-order valence-electron chi connectivity index (χ3n) is 4.15. The number of nitrogen functional groups attached to an aromatic ring is 1. The van der Waals surface area contributed by atoms with E-state index in [1.807, 2.05) is 24.3 Å². The number of methoxy groups -OCH3 is 1. The maximum atomic E-state index is 12.1. The van der Waals surface area contributed by atoms with Crippen LogP contribution in [0.15, 0.2) is 30.5 Å². The van der Waals surface area contributed by atoms with Gasteiger partial charge in [-0.15, -0.1) is 0 Å². The minimum absolute atomic E-state index is 0.142. The molecule has 0 aliphatic carbocycles. The zero-order valence-electron chi connectivity index (χ0n) is 12.9. The van der Waals surface area contributed by atoms with Crippen molar-refractivity contribution in [2.75, 3.05) is 19.4 Å². The number of hydrogen-bond donors (Lipinski definition) is 2. The van der Waals surface area contributed by atoms with E-state index < -0.39 is 5.97 Å². The molecular formula is C17H18N4O2. The number of aromatic nitrogens is 1. The average Bonchev–Trinajstić information content (AvgIpc) is 3.22. The Kier molecular flexibility index (Phi) is 4.04. The van der Waals surface area contributed by atoms with E-state index in [2.05, 4.69) is 11.4 Å². The Bertz CT molecular complexity index is 782. The van der Waals surface area contributed by atoms with Crippen molar-refractivity contribution in [3.05, 3.63) is 47.3 Å². The van der Waals surface area contributed by atoms with E-state index in [4.69, 9.17) is 10.5 Å². The van der Waals surface area contributed by atoms with Gasteiger partial charge in [-0.25, -0.2) is 4.79 Å². The van der Waals surface area contributed by atoms with Crippen molar-refractivity contribution in [3.8, 4) is 11.8 Å². The normalized spacial score (nSPS) is 17.0. The molecule has 3 rings (SSSR count). The van der Waals surface area contributed by atoms with Crippen molar-refractivity contribution in [2.24, 2.45) is 0 Å². The molecule has 2 heterocycles. The molecule has 6 nitrogen and oxygen atoms in total. The summed E-state index contributed by atoms with van der Waals surface area (Å²) in [5, 5.41) is 12.6. The van der Waals surface area contributed by atoms with E-state index in [-0.39, 0.29) is 16.9 Å². The third kappa shape index (κ3) is 2.67.